The van der Waals surface area contributed by atoms with Gasteiger partial charge in [0.05, 0.1) is 5.02 Å². The molecule has 0 saturated heterocycles. The van der Waals surface area contributed by atoms with Gasteiger partial charge in [0.25, 0.3) is 0 Å². The fourth-order valence-corrected chi connectivity index (χ4v) is 2.42. The summed E-state index contributed by atoms with van der Waals surface area (Å²) in [5.74, 6) is 1.17. The number of hydrogen-bond donors (Lipinski definition) is 1. The Balaban J connectivity index is 1.94. The summed E-state index contributed by atoms with van der Waals surface area (Å²) < 4.78 is 18.9. The molecule has 2 aromatic carbocycles. The largest absolute Gasteiger partial charge is 0.489 e. The predicted molar refractivity (Wildman–Crippen MR) is 93.3 cm³/mol. The fraction of sp³-hybridized carbons (Fsp3) is 0.368. The molecule has 0 aromatic heterocycles. The second-order valence-electron chi connectivity index (χ2n) is 5.99. The van der Waals surface area contributed by atoms with E-state index in [0.29, 0.717) is 17.5 Å². The normalized spacial score (nSPS) is 11.0. The van der Waals surface area contributed by atoms with Crippen molar-refractivity contribution in [2.75, 3.05) is 6.54 Å². The van der Waals surface area contributed by atoms with Crippen LogP contribution in [0.25, 0.3) is 0 Å². The van der Waals surface area contributed by atoms with Crippen LogP contribution in [-0.2, 0) is 13.2 Å². The van der Waals surface area contributed by atoms with Crippen LogP contribution in [0, 0.1) is 11.7 Å². The maximum atomic E-state index is 13.1. The summed E-state index contributed by atoms with van der Waals surface area (Å²) in [7, 11) is 0. The zero-order valence-electron chi connectivity index (χ0n) is 13.6. The van der Waals surface area contributed by atoms with E-state index in [1.807, 2.05) is 24.3 Å². The summed E-state index contributed by atoms with van der Waals surface area (Å²) in [6, 6.07) is 12.3. The molecule has 4 heteroatoms. The maximum absolute atomic E-state index is 13.1. The fourth-order valence-electron chi connectivity index (χ4n) is 2.20. The van der Waals surface area contributed by atoms with Gasteiger partial charge >= 0.3 is 0 Å². The van der Waals surface area contributed by atoms with Gasteiger partial charge in [-0.25, -0.2) is 4.39 Å². The number of rotatable bonds is 8. The minimum absolute atomic E-state index is 0.322. The van der Waals surface area contributed by atoms with Crippen LogP contribution in [0.1, 0.15) is 31.4 Å². The van der Waals surface area contributed by atoms with Crippen LogP contribution in [0.4, 0.5) is 4.39 Å². The van der Waals surface area contributed by atoms with Gasteiger partial charge in [-0.15, -0.1) is 0 Å². The van der Waals surface area contributed by atoms with Gasteiger partial charge < -0.3 is 10.1 Å². The summed E-state index contributed by atoms with van der Waals surface area (Å²) in [5, 5.41) is 3.82. The molecule has 0 aliphatic rings. The van der Waals surface area contributed by atoms with Crippen molar-refractivity contribution in [3.8, 4) is 5.75 Å². The van der Waals surface area contributed by atoms with E-state index in [0.717, 1.165) is 36.4 Å². The van der Waals surface area contributed by atoms with E-state index in [1.54, 1.807) is 6.07 Å². The third-order valence-electron chi connectivity index (χ3n) is 3.58. The molecular weight excluding hydrogens is 313 g/mol. The average molecular weight is 336 g/mol. The molecule has 0 bridgehead atoms. The molecule has 23 heavy (non-hydrogen) atoms. The maximum Gasteiger partial charge on any atom is 0.124 e. The summed E-state index contributed by atoms with van der Waals surface area (Å²) in [6.07, 6.45) is 1.15. The van der Waals surface area contributed by atoms with Crippen LogP contribution < -0.4 is 10.1 Å². The summed E-state index contributed by atoms with van der Waals surface area (Å²) in [6.45, 7) is 6.49. The lowest BCUT2D eigenvalue weighted by molar-refractivity contribution is 0.302. The van der Waals surface area contributed by atoms with E-state index in [4.69, 9.17) is 16.3 Å². The van der Waals surface area contributed by atoms with Crippen LogP contribution in [0.3, 0.4) is 0 Å². The van der Waals surface area contributed by atoms with Crippen molar-refractivity contribution in [3.05, 3.63) is 64.4 Å². The van der Waals surface area contributed by atoms with Crippen LogP contribution in [0.15, 0.2) is 42.5 Å². The van der Waals surface area contributed by atoms with E-state index in [-0.39, 0.29) is 5.82 Å². The molecule has 1 N–H and O–H groups in total. The smallest absolute Gasteiger partial charge is 0.124 e. The van der Waals surface area contributed by atoms with Crippen molar-refractivity contribution in [1.82, 2.24) is 5.32 Å². The van der Waals surface area contributed by atoms with Crippen molar-refractivity contribution in [2.45, 2.75) is 33.4 Å². The molecule has 0 heterocycles. The van der Waals surface area contributed by atoms with Gasteiger partial charge in [-0.2, -0.15) is 0 Å². The van der Waals surface area contributed by atoms with Gasteiger partial charge in [0, 0.05) is 17.7 Å². The molecule has 0 saturated carbocycles. The van der Waals surface area contributed by atoms with Crippen molar-refractivity contribution >= 4 is 11.6 Å². The predicted octanol–water partition coefficient (Wildman–Crippen LogP) is 5.19. The molecule has 0 fully saturated rings. The van der Waals surface area contributed by atoms with Crippen molar-refractivity contribution < 1.29 is 9.13 Å². The first-order valence-corrected chi connectivity index (χ1v) is 8.29. The van der Waals surface area contributed by atoms with E-state index < -0.39 is 0 Å². The van der Waals surface area contributed by atoms with Gasteiger partial charge in [0.1, 0.15) is 18.2 Å². The Bertz CT molecular complexity index is 631. The molecule has 124 valence electrons. The number of nitrogens with one attached hydrogen (secondary N) is 1. The molecule has 0 spiro atoms. The van der Waals surface area contributed by atoms with Gasteiger partial charge in [0.15, 0.2) is 0 Å². The molecule has 0 aliphatic carbocycles. The third kappa shape index (κ3) is 5.85. The van der Waals surface area contributed by atoms with Crippen LogP contribution in [0.2, 0.25) is 5.02 Å². The second kappa shape index (κ2) is 8.90. The van der Waals surface area contributed by atoms with Crippen LogP contribution in [-0.4, -0.2) is 6.54 Å². The van der Waals surface area contributed by atoms with Crippen LogP contribution in [0.5, 0.6) is 5.75 Å². The number of para-hydroxylation sites is 1. The van der Waals surface area contributed by atoms with Crippen molar-refractivity contribution in [2.24, 2.45) is 5.92 Å². The van der Waals surface area contributed by atoms with E-state index in [2.05, 4.69) is 19.2 Å². The van der Waals surface area contributed by atoms with Gasteiger partial charge in [-0.3, -0.25) is 0 Å². The molecule has 0 unspecified atom stereocenters. The quantitative estimate of drug-likeness (QED) is 0.670. The zero-order valence-corrected chi connectivity index (χ0v) is 14.4. The summed E-state index contributed by atoms with van der Waals surface area (Å²) in [5.41, 5.74) is 1.88. The average Bonchev–Trinajstić information content (AvgIpc) is 2.51. The minimum atomic E-state index is -0.339. The van der Waals surface area contributed by atoms with E-state index in [9.17, 15) is 4.39 Å². The van der Waals surface area contributed by atoms with Gasteiger partial charge in [-0.1, -0.05) is 49.7 Å². The Morgan fingerprint density at radius 2 is 1.91 bits per heavy atom. The molecule has 2 nitrogen and oxygen atoms in total. The topological polar surface area (TPSA) is 21.3 Å². The summed E-state index contributed by atoms with van der Waals surface area (Å²) in [4.78, 5) is 0. The first kappa shape index (κ1) is 17.8. The molecule has 2 aromatic rings. The minimum Gasteiger partial charge on any atom is -0.489 e. The first-order chi connectivity index (χ1) is 11.1. The highest BCUT2D eigenvalue weighted by Gasteiger charge is 2.06. The lowest BCUT2D eigenvalue weighted by atomic mass is 10.1. The number of halogens is 2. The molecule has 0 amide bonds. The molecule has 0 aliphatic heterocycles. The molecule has 2 rings (SSSR count). The number of hydrogen-bond acceptors (Lipinski definition) is 2. The van der Waals surface area contributed by atoms with E-state index >= 15 is 0 Å². The Morgan fingerprint density at radius 1 is 1.13 bits per heavy atom. The highest BCUT2D eigenvalue weighted by Crippen LogP contribution is 2.22. The lowest BCUT2D eigenvalue weighted by Gasteiger charge is -2.13. The van der Waals surface area contributed by atoms with Gasteiger partial charge in [0.2, 0.25) is 0 Å². The van der Waals surface area contributed by atoms with Crippen LogP contribution >= 0.6 is 11.6 Å². The Kier molecular flexibility index (Phi) is 6.87. The highest BCUT2D eigenvalue weighted by atomic mass is 35.5. The monoisotopic (exact) mass is 335 g/mol. The number of benzene rings is 2. The highest BCUT2D eigenvalue weighted by molar-refractivity contribution is 6.31. The Morgan fingerprint density at radius 3 is 2.65 bits per heavy atom. The van der Waals surface area contributed by atoms with E-state index in [1.165, 1.54) is 12.1 Å². The lowest BCUT2D eigenvalue weighted by Crippen LogP contribution is -2.16. The first-order valence-electron chi connectivity index (χ1n) is 7.91. The Labute approximate surface area is 142 Å². The molecule has 0 radical (unpaired) electrons. The van der Waals surface area contributed by atoms with Crippen molar-refractivity contribution in [1.29, 1.82) is 0 Å². The Hall–Kier alpha value is -1.58. The summed E-state index contributed by atoms with van der Waals surface area (Å²) >= 11 is 6.04. The standard InChI is InChI=1S/C19H23ClFNO/c1-14(2)9-10-22-12-15-5-3-4-6-19(15)23-13-16-7-8-17(21)11-18(16)20/h3-8,11,14,22H,9-10,12-13H2,1-2H3. The molecule has 0 atom stereocenters. The SMILES string of the molecule is CC(C)CCNCc1ccccc1OCc1ccc(F)cc1Cl. The van der Waals surface area contributed by atoms with Crippen molar-refractivity contribution in [3.63, 3.8) is 0 Å². The number of ether oxygens (including phenoxy) is 1. The second-order valence-corrected chi connectivity index (χ2v) is 6.40. The van der Waals surface area contributed by atoms with Gasteiger partial charge in [-0.05, 0) is 37.1 Å². The zero-order chi connectivity index (χ0) is 16.7. The molecular formula is C19H23ClFNO. The third-order valence-corrected chi connectivity index (χ3v) is 3.94.